The molecule has 112 valence electrons. The number of carbonyl (C=O) groups excluding carboxylic acids is 1. The SMILES string of the molecule is CN(CC1CCNCC1)C(=O)c1cc2cccc(Br)c2o1. The average Bonchev–Trinajstić information content (AvgIpc) is 2.93. The monoisotopic (exact) mass is 350 g/mol. The lowest BCUT2D eigenvalue weighted by Crippen LogP contribution is -2.37. The first-order chi connectivity index (χ1) is 10.1. The van der Waals surface area contributed by atoms with Gasteiger partial charge in [0.25, 0.3) is 5.91 Å². The Bertz CT molecular complexity index is 647. The van der Waals surface area contributed by atoms with Crippen LogP contribution in [0, 0.1) is 5.92 Å². The number of furan rings is 1. The predicted octanol–water partition coefficient (Wildman–Crippen LogP) is 3.27. The van der Waals surface area contributed by atoms with Crippen LogP contribution in [0.1, 0.15) is 23.4 Å². The van der Waals surface area contributed by atoms with Crippen molar-refractivity contribution in [2.45, 2.75) is 12.8 Å². The topological polar surface area (TPSA) is 45.5 Å². The molecule has 0 spiro atoms. The van der Waals surface area contributed by atoms with Gasteiger partial charge >= 0.3 is 0 Å². The molecule has 3 rings (SSSR count). The third-order valence-electron chi connectivity index (χ3n) is 4.04. The van der Waals surface area contributed by atoms with Crippen molar-refractivity contribution in [3.05, 3.63) is 34.5 Å². The Morgan fingerprint density at radius 3 is 2.90 bits per heavy atom. The van der Waals surface area contributed by atoms with Crippen LogP contribution in [-0.4, -0.2) is 37.5 Å². The van der Waals surface area contributed by atoms with Gasteiger partial charge in [-0.2, -0.15) is 0 Å². The number of hydrogen-bond acceptors (Lipinski definition) is 3. The summed E-state index contributed by atoms with van der Waals surface area (Å²) in [7, 11) is 1.85. The summed E-state index contributed by atoms with van der Waals surface area (Å²) >= 11 is 3.45. The Morgan fingerprint density at radius 1 is 1.43 bits per heavy atom. The lowest BCUT2D eigenvalue weighted by molar-refractivity contribution is 0.0733. The maximum absolute atomic E-state index is 12.5. The summed E-state index contributed by atoms with van der Waals surface area (Å²) in [6.45, 7) is 2.88. The Balaban J connectivity index is 1.74. The van der Waals surface area contributed by atoms with E-state index in [1.807, 2.05) is 31.3 Å². The standard InChI is InChI=1S/C16H19BrN2O2/c1-19(10-11-5-7-18-8-6-11)16(20)14-9-12-3-2-4-13(17)15(12)21-14/h2-4,9,11,18H,5-8,10H2,1H3. The van der Waals surface area contributed by atoms with Gasteiger partial charge in [-0.05, 0) is 59.9 Å². The smallest absolute Gasteiger partial charge is 0.289 e. The highest BCUT2D eigenvalue weighted by Gasteiger charge is 2.21. The number of para-hydroxylation sites is 1. The second kappa shape index (κ2) is 6.20. The molecule has 0 saturated carbocycles. The highest BCUT2D eigenvalue weighted by molar-refractivity contribution is 9.10. The Labute approximate surface area is 132 Å². The largest absolute Gasteiger partial charge is 0.450 e. The van der Waals surface area contributed by atoms with Crippen LogP contribution in [0.5, 0.6) is 0 Å². The summed E-state index contributed by atoms with van der Waals surface area (Å²) in [4.78, 5) is 14.3. The molecule has 0 radical (unpaired) electrons. The molecule has 1 aromatic carbocycles. The van der Waals surface area contributed by atoms with E-state index >= 15 is 0 Å². The van der Waals surface area contributed by atoms with Crippen LogP contribution in [0.3, 0.4) is 0 Å². The molecule has 1 aromatic heterocycles. The van der Waals surface area contributed by atoms with Crippen LogP contribution in [0.2, 0.25) is 0 Å². The maximum Gasteiger partial charge on any atom is 0.289 e. The average molecular weight is 351 g/mol. The van der Waals surface area contributed by atoms with E-state index in [0.29, 0.717) is 11.7 Å². The minimum atomic E-state index is -0.0448. The molecular weight excluding hydrogens is 332 g/mol. The summed E-state index contributed by atoms with van der Waals surface area (Å²) in [5.41, 5.74) is 0.733. The lowest BCUT2D eigenvalue weighted by atomic mass is 9.97. The fraction of sp³-hybridized carbons (Fsp3) is 0.438. The second-order valence-corrected chi connectivity index (χ2v) is 6.50. The molecule has 1 fully saturated rings. The lowest BCUT2D eigenvalue weighted by Gasteiger charge is -2.27. The number of piperidine rings is 1. The van der Waals surface area contributed by atoms with Gasteiger partial charge in [0.05, 0.1) is 4.47 Å². The molecule has 4 nitrogen and oxygen atoms in total. The van der Waals surface area contributed by atoms with Crippen LogP contribution in [-0.2, 0) is 0 Å². The molecule has 1 N–H and O–H groups in total. The minimum Gasteiger partial charge on any atom is -0.450 e. The molecule has 1 aliphatic heterocycles. The number of amides is 1. The highest BCUT2D eigenvalue weighted by atomic mass is 79.9. The normalized spacial score (nSPS) is 16.3. The quantitative estimate of drug-likeness (QED) is 0.923. The minimum absolute atomic E-state index is 0.0448. The van der Waals surface area contributed by atoms with Gasteiger partial charge in [0.2, 0.25) is 0 Å². The van der Waals surface area contributed by atoms with Gasteiger partial charge in [0.15, 0.2) is 5.76 Å². The van der Waals surface area contributed by atoms with E-state index in [1.165, 1.54) is 0 Å². The van der Waals surface area contributed by atoms with Crippen molar-refractivity contribution in [2.24, 2.45) is 5.92 Å². The van der Waals surface area contributed by atoms with Crippen molar-refractivity contribution in [1.82, 2.24) is 10.2 Å². The summed E-state index contributed by atoms with van der Waals surface area (Å²) < 4.78 is 6.60. The van der Waals surface area contributed by atoms with Crippen molar-refractivity contribution in [3.8, 4) is 0 Å². The molecule has 5 heteroatoms. The van der Waals surface area contributed by atoms with E-state index in [1.54, 1.807) is 4.90 Å². The first kappa shape index (κ1) is 14.6. The first-order valence-corrected chi connectivity index (χ1v) is 8.08. The van der Waals surface area contributed by atoms with Crippen LogP contribution in [0.25, 0.3) is 11.0 Å². The van der Waals surface area contributed by atoms with Crippen LogP contribution >= 0.6 is 15.9 Å². The van der Waals surface area contributed by atoms with E-state index in [9.17, 15) is 4.79 Å². The summed E-state index contributed by atoms with van der Waals surface area (Å²) in [6.07, 6.45) is 2.26. The number of carbonyl (C=O) groups is 1. The number of halogens is 1. The Hall–Kier alpha value is -1.33. The van der Waals surface area contributed by atoms with Crippen molar-refractivity contribution < 1.29 is 9.21 Å². The van der Waals surface area contributed by atoms with Gasteiger partial charge in [0.1, 0.15) is 5.58 Å². The number of rotatable bonds is 3. The van der Waals surface area contributed by atoms with Gasteiger partial charge < -0.3 is 14.6 Å². The van der Waals surface area contributed by atoms with Gasteiger partial charge in [-0.15, -0.1) is 0 Å². The zero-order chi connectivity index (χ0) is 14.8. The van der Waals surface area contributed by atoms with E-state index < -0.39 is 0 Å². The van der Waals surface area contributed by atoms with Crippen molar-refractivity contribution in [3.63, 3.8) is 0 Å². The zero-order valence-electron chi connectivity index (χ0n) is 12.1. The maximum atomic E-state index is 12.5. The Morgan fingerprint density at radius 2 is 2.19 bits per heavy atom. The van der Waals surface area contributed by atoms with Gasteiger partial charge in [0, 0.05) is 19.0 Å². The molecule has 1 saturated heterocycles. The number of nitrogens with zero attached hydrogens (tertiary/aromatic N) is 1. The van der Waals surface area contributed by atoms with Gasteiger partial charge in [-0.3, -0.25) is 4.79 Å². The molecule has 2 aromatic rings. The molecule has 21 heavy (non-hydrogen) atoms. The van der Waals surface area contributed by atoms with Crippen molar-refractivity contribution in [2.75, 3.05) is 26.7 Å². The van der Waals surface area contributed by atoms with E-state index in [4.69, 9.17) is 4.42 Å². The molecule has 0 aliphatic carbocycles. The van der Waals surface area contributed by atoms with Gasteiger partial charge in [-0.25, -0.2) is 0 Å². The fourth-order valence-corrected chi connectivity index (χ4v) is 3.32. The van der Waals surface area contributed by atoms with Crippen molar-refractivity contribution in [1.29, 1.82) is 0 Å². The molecule has 0 atom stereocenters. The second-order valence-electron chi connectivity index (χ2n) is 5.65. The molecule has 1 aliphatic rings. The number of benzene rings is 1. The first-order valence-electron chi connectivity index (χ1n) is 7.29. The summed E-state index contributed by atoms with van der Waals surface area (Å²) in [6, 6.07) is 7.63. The summed E-state index contributed by atoms with van der Waals surface area (Å²) in [5.74, 6) is 0.946. The third-order valence-corrected chi connectivity index (χ3v) is 4.67. The number of fused-ring (bicyclic) bond motifs is 1. The van der Waals surface area contributed by atoms with E-state index in [0.717, 1.165) is 47.9 Å². The molecular formula is C16H19BrN2O2. The molecule has 0 bridgehead atoms. The molecule has 1 amide bonds. The highest BCUT2D eigenvalue weighted by Crippen LogP contribution is 2.27. The van der Waals surface area contributed by atoms with Gasteiger partial charge in [-0.1, -0.05) is 12.1 Å². The number of hydrogen-bond donors (Lipinski definition) is 1. The predicted molar refractivity (Wildman–Crippen MR) is 86.5 cm³/mol. The molecule has 2 heterocycles. The van der Waals surface area contributed by atoms with Crippen molar-refractivity contribution >= 4 is 32.8 Å². The number of nitrogens with one attached hydrogen (secondary N) is 1. The molecule has 0 unspecified atom stereocenters. The van der Waals surface area contributed by atoms with E-state index in [-0.39, 0.29) is 5.91 Å². The van der Waals surface area contributed by atoms with Crippen LogP contribution in [0.15, 0.2) is 33.2 Å². The summed E-state index contributed by atoms with van der Waals surface area (Å²) in [5, 5.41) is 4.29. The fourth-order valence-electron chi connectivity index (χ4n) is 2.86. The van der Waals surface area contributed by atoms with Crippen LogP contribution in [0.4, 0.5) is 0 Å². The third kappa shape index (κ3) is 3.14. The Kier molecular flexibility index (Phi) is 4.31. The van der Waals surface area contributed by atoms with E-state index in [2.05, 4.69) is 21.2 Å². The zero-order valence-corrected chi connectivity index (χ0v) is 13.6. The van der Waals surface area contributed by atoms with Crippen LogP contribution < -0.4 is 5.32 Å².